The predicted molar refractivity (Wildman–Crippen MR) is 311 cm³/mol. The molecule has 3 unspecified atom stereocenters. The molecule has 4 aliphatic rings. The Bertz CT molecular complexity index is 3810. The van der Waals surface area contributed by atoms with Crippen LogP contribution in [0.15, 0.2) is 259 Å². The van der Waals surface area contributed by atoms with Crippen molar-refractivity contribution < 1.29 is 0 Å². The van der Waals surface area contributed by atoms with E-state index in [1.54, 1.807) is 0 Å². The number of fused-ring (bicyclic) bond motifs is 12. The molecular formula is C72H57N3. The lowest BCUT2D eigenvalue weighted by molar-refractivity contribution is 0.579. The van der Waals surface area contributed by atoms with Crippen molar-refractivity contribution in [1.29, 1.82) is 0 Å². The SMILES string of the molecule is CCC1c2ccccc2-c2cc3c(cc2C1c1ccccc1)N(c1ccccc1)c1cc(-c2ccc(C4/N=C(/c5ccccc5)CC/C(C)=C(/c5ccccc5)N4)cc2)ccc1C31c2ccccc2-c2ccccc21. The molecule has 0 saturated heterocycles. The second-order valence-electron chi connectivity index (χ2n) is 20.8. The van der Waals surface area contributed by atoms with Crippen molar-refractivity contribution >= 4 is 28.5 Å². The highest BCUT2D eigenvalue weighted by Crippen LogP contribution is 2.65. The van der Waals surface area contributed by atoms with Gasteiger partial charge >= 0.3 is 0 Å². The summed E-state index contributed by atoms with van der Waals surface area (Å²) in [4.78, 5) is 8.11. The Morgan fingerprint density at radius 3 is 1.71 bits per heavy atom. The van der Waals surface area contributed by atoms with Gasteiger partial charge in [-0.05, 0) is 157 Å². The Kier molecular flexibility index (Phi) is 10.9. The van der Waals surface area contributed by atoms with Gasteiger partial charge in [0.2, 0.25) is 0 Å². The van der Waals surface area contributed by atoms with Crippen LogP contribution in [0.2, 0.25) is 0 Å². The van der Waals surface area contributed by atoms with E-state index in [1.165, 1.54) is 94.8 Å². The zero-order chi connectivity index (χ0) is 50.0. The lowest BCUT2D eigenvalue weighted by Crippen LogP contribution is -2.37. The molecule has 14 rings (SSSR count). The van der Waals surface area contributed by atoms with Crippen molar-refractivity contribution in [2.24, 2.45) is 4.99 Å². The molecule has 1 N–H and O–H groups in total. The monoisotopic (exact) mass is 963 g/mol. The van der Waals surface area contributed by atoms with Crippen molar-refractivity contribution in [3.8, 4) is 33.4 Å². The van der Waals surface area contributed by atoms with Crippen LogP contribution in [-0.4, -0.2) is 5.71 Å². The van der Waals surface area contributed by atoms with E-state index >= 15 is 0 Å². The molecule has 10 aromatic rings. The van der Waals surface area contributed by atoms with E-state index in [-0.39, 0.29) is 12.1 Å². The van der Waals surface area contributed by atoms with E-state index in [1.807, 2.05) is 0 Å². The first-order chi connectivity index (χ1) is 37.1. The van der Waals surface area contributed by atoms with Crippen LogP contribution in [0.1, 0.15) is 107 Å². The summed E-state index contributed by atoms with van der Waals surface area (Å²) in [7, 11) is 0. The van der Waals surface area contributed by atoms with Crippen molar-refractivity contribution in [2.45, 2.75) is 56.5 Å². The minimum atomic E-state index is -0.597. The number of para-hydroxylation sites is 1. The van der Waals surface area contributed by atoms with Gasteiger partial charge in [-0.3, -0.25) is 4.99 Å². The average Bonchev–Trinajstić information content (AvgIpc) is 3.77. The van der Waals surface area contributed by atoms with E-state index in [0.29, 0.717) is 5.92 Å². The quantitative estimate of drug-likeness (QED) is 0.172. The molecule has 3 heteroatoms. The number of allylic oxidation sites excluding steroid dienone is 1. The molecule has 360 valence electrons. The summed E-state index contributed by atoms with van der Waals surface area (Å²) in [5.74, 6) is 0.503. The molecule has 3 atom stereocenters. The van der Waals surface area contributed by atoms with Gasteiger partial charge in [0.05, 0.1) is 16.8 Å². The van der Waals surface area contributed by atoms with Gasteiger partial charge in [-0.2, -0.15) is 0 Å². The number of anilines is 3. The first-order valence-electron chi connectivity index (χ1n) is 26.8. The van der Waals surface area contributed by atoms with Crippen LogP contribution in [0.25, 0.3) is 39.1 Å². The topological polar surface area (TPSA) is 27.6 Å². The Hall–Kier alpha value is -8.79. The normalized spacial score (nSPS) is 19.4. The van der Waals surface area contributed by atoms with Gasteiger partial charge in [0.15, 0.2) is 0 Å². The largest absolute Gasteiger partial charge is 0.360 e. The summed E-state index contributed by atoms with van der Waals surface area (Å²) in [6, 6.07) is 93.1. The molecular weight excluding hydrogens is 907 g/mol. The summed E-state index contributed by atoms with van der Waals surface area (Å²) < 4.78 is 0. The molecule has 2 heterocycles. The maximum absolute atomic E-state index is 5.53. The zero-order valence-electron chi connectivity index (χ0n) is 42.4. The van der Waals surface area contributed by atoms with Crippen molar-refractivity contribution in [3.05, 3.63) is 310 Å². The molecule has 0 fully saturated rings. The molecule has 0 aromatic heterocycles. The highest BCUT2D eigenvalue weighted by Gasteiger charge is 2.53. The lowest BCUT2D eigenvalue weighted by atomic mass is 9.61. The summed E-state index contributed by atoms with van der Waals surface area (Å²) in [5, 5.41) is 3.95. The molecule has 1 spiro atoms. The van der Waals surface area contributed by atoms with Gasteiger partial charge in [-0.15, -0.1) is 0 Å². The van der Waals surface area contributed by atoms with E-state index in [4.69, 9.17) is 4.99 Å². The van der Waals surface area contributed by atoms with Gasteiger partial charge in [0.1, 0.15) is 6.17 Å². The maximum atomic E-state index is 5.53. The molecule has 0 bridgehead atoms. The minimum absolute atomic E-state index is 0.179. The van der Waals surface area contributed by atoms with Crippen LogP contribution in [0.5, 0.6) is 0 Å². The molecule has 0 saturated carbocycles. The van der Waals surface area contributed by atoms with E-state index in [2.05, 4.69) is 273 Å². The molecule has 0 radical (unpaired) electrons. The van der Waals surface area contributed by atoms with Crippen LogP contribution in [-0.2, 0) is 5.41 Å². The first kappa shape index (κ1) is 44.9. The number of nitrogens with one attached hydrogen (secondary N) is 1. The highest BCUT2D eigenvalue weighted by atomic mass is 15.2. The number of benzene rings is 10. The Morgan fingerprint density at radius 1 is 0.453 bits per heavy atom. The fourth-order valence-electron chi connectivity index (χ4n) is 13.5. The van der Waals surface area contributed by atoms with Crippen LogP contribution in [0.3, 0.4) is 0 Å². The second kappa shape index (κ2) is 18.3. The van der Waals surface area contributed by atoms with Gasteiger partial charge in [0, 0.05) is 23.0 Å². The predicted octanol–water partition coefficient (Wildman–Crippen LogP) is 18.1. The van der Waals surface area contributed by atoms with E-state index < -0.39 is 5.41 Å². The van der Waals surface area contributed by atoms with Gasteiger partial charge < -0.3 is 10.2 Å². The molecule has 0 amide bonds. The average molecular weight is 964 g/mol. The second-order valence-corrected chi connectivity index (χ2v) is 20.8. The van der Waals surface area contributed by atoms with Crippen LogP contribution >= 0.6 is 0 Å². The third-order valence-corrected chi connectivity index (χ3v) is 16.9. The third-order valence-electron chi connectivity index (χ3n) is 16.9. The van der Waals surface area contributed by atoms with Crippen LogP contribution in [0.4, 0.5) is 17.1 Å². The number of nitrogens with zero attached hydrogens (tertiary/aromatic N) is 2. The van der Waals surface area contributed by atoms with Crippen molar-refractivity contribution in [1.82, 2.24) is 5.32 Å². The zero-order valence-corrected chi connectivity index (χ0v) is 42.4. The summed E-state index contributed by atoms with van der Waals surface area (Å²) in [5.41, 5.74) is 27.1. The fraction of sp³-hybridized carbons (Fsp3) is 0.125. The number of aliphatic imine (C=N–C) groups is 1. The smallest absolute Gasteiger partial charge is 0.145 e. The molecule has 3 nitrogen and oxygen atoms in total. The summed E-state index contributed by atoms with van der Waals surface area (Å²) in [6.45, 7) is 4.63. The van der Waals surface area contributed by atoms with Gasteiger partial charge in [0.25, 0.3) is 0 Å². The lowest BCUT2D eigenvalue weighted by Gasteiger charge is -2.47. The van der Waals surface area contributed by atoms with Crippen molar-refractivity contribution in [3.63, 3.8) is 0 Å². The Morgan fingerprint density at radius 2 is 1.03 bits per heavy atom. The summed E-state index contributed by atoms with van der Waals surface area (Å²) >= 11 is 0. The van der Waals surface area contributed by atoms with Gasteiger partial charge in [-0.25, -0.2) is 0 Å². The van der Waals surface area contributed by atoms with Crippen LogP contribution in [0, 0.1) is 0 Å². The molecule has 2 aliphatic heterocycles. The fourth-order valence-corrected chi connectivity index (χ4v) is 13.5. The molecule has 2 aliphatic carbocycles. The first-order valence-corrected chi connectivity index (χ1v) is 26.8. The maximum Gasteiger partial charge on any atom is 0.145 e. The number of hydrogen-bond acceptors (Lipinski definition) is 3. The number of rotatable bonds is 7. The van der Waals surface area contributed by atoms with Crippen LogP contribution < -0.4 is 10.2 Å². The Labute approximate surface area is 441 Å². The molecule has 75 heavy (non-hydrogen) atoms. The molecule has 10 aromatic carbocycles. The van der Waals surface area contributed by atoms with E-state index in [9.17, 15) is 0 Å². The van der Waals surface area contributed by atoms with Crippen molar-refractivity contribution in [2.75, 3.05) is 4.90 Å². The van der Waals surface area contributed by atoms with Gasteiger partial charge in [-0.1, -0.05) is 225 Å². The number of hydrogen-bond donors (Lipinski definition) is 1. The summed E-state index contributed by atoms with van der Waals surface area (Å²) in [6.07, 6.45) is 2.56. The highest BCUT2D eigenvalue weighted by molar-refractivity contribution is 6.01. The Balaban J connectivity index is 0.980. The third kappa shape index (κ3) is 7.20. The standard InChI is InChI=1S/C72H57N3/c1-3-55-56-30-16-17-31-57(56)60-45-65-68(46-61(60)69(55)50-24-10-5-11-25-50)75(54-28-14-7-15-29-54)67-44-53(41-42-64(67)72(65)62-34-20-18-32-58(62)59-33-19-21-35-63(59)72)48-37-39-52(40-38-48)71-73-66(49-22-8-4-9-23-49)43-36-47(2)70(74-71)51-26-12-6-13-27-51/h4-35,37-42,44-46,55,69,71,74H,3,36,43H2,1-2H3/b70-47-,73-66+. The van der Waals surface area contributed by atoms with E-state index in [0.717, 1.165) is 47.5 Å². The minimum Gasteiger partial charge on any atom is -0.360 e.